The number of hydrogen-bond acceptors (Lipinski definition) is 5. The summed E-state index contributed by atoms with van der Waals surface area (Å²) in [6.07, 6.45) is 10.7. The van der Waals surface area contributed by atoms with Crippen LogP contribution in [0.3, 0.4) is 0 Å². The topological polar surface area (TPSA) is 75.9 Å². The van der Waals surface area contributed by atoms with E-state index in [4.69, 9.17) is 4.98 Å². The molecule has 3 heterocycles. The first-order chi connectivity index (χ1) is 11.7. The lowest BCUT2D eigenvalue weighted by molar-refractivity contribution is -0.117. The predicted molar refractivity (Wildman–Crippen MR) is 91.3 cm³/mol. The van der Waals surface area contributed by atoms with Crippen molar-refractivity contribution >= 4 is 17.4 Å². The summed E-state index contributed by atoms with van der Waals surface area (Å²) in [5.74, 6) is 2.32. The molecular formula is C17H22N6O. The highest BCUT2D eigenvalue weighted by molar-refractivity contribution is 6.02. The van der Waals surface area contributed by atoms with Crippen LogP contribution in [0.15, 0.2) is 18.6 Å². The van der Waals surface area contributed by atoms with Gasteiger partial charge in [0.15, 0.2) is 5.82 Å². The minimum atomic E-state index is -0.160. The van der Waals surface area contributed by atoms with Gasteiger partial charge in [0, 0.05) is 18.4 Å². The van der Waals surface area contributed by atoms with Gasteiger partial charge in [-0.2, -0.15) is 4.98 Å². The quantitative estimate of drug-likeness (QED) is 0.937. The average Bonchev–Trinajstić information content (AvgIpc) is 3.24. The van der Waals surface area contributed by atoms with E-state index in [1.807, 2.05) is 17.7 Å². The van der Waals surface area contributed by atoms with E-state index in [0.717, 1.165) is 30.9 Å². The SMILES string of the molecule is CCC1C(=O)Nc2cnc(-n3ccnc3C)nc2N1C1CCCC1. The standard InChI is InChI=1S/C17H22N6O/c1-3-14-16(24)20-13-10-19-17(22-9-8-18-11(22)2)21-15(13)23(14)12-6-4-5-7-12/h8-10,12,14H,3-7H2,1-2H3,(H,20,24). The fourth-order valence-electron chi connectivity index (χ4n) is 3.84. The third kappa shape index (κ3) is 2.35. The summed E-state index contributed by atoms with van der Waals surface area (Å²) in [6, 6.07) is 0.221. The molecule has 1 unspecified atom stereocenters. The Morgan fingerprint density at radius 1 is 1.29 bits per heavy atom. The number of amides is 1. The van der Waals surface area contributed by atoms with Crippen LogP contribution in [0.4, 0.5) is 11.5 Å². The zero-order chi connectivity index (χ0) is 16.7. The monoisotopic (exact) mass is 326 g/mol. The minimum absolute atomic E-state index is 0.0482. The van der Waals surface area contributed by atoms with E-state index in [0.29, 0.717) is 17.7 Å². The summed E-state index contributed by atoms with van der Waals surface area (Å²) in [7, 11) is 0. The number of hydrogen-bond donors (Lipinski definition) is 1. The molecule has 2 aliphatic rings. The molecule has 126 valence electrons. The van der Waals surface area contributed by atoms with Crippen molar-refractivity contribution in [2.75, 3.05) is 10.2 Å². The molecule has 4 rings (SSSR count). The summed E-state index contributed by atoms with van der Waals surface area (Å²) in [6.45, 7) is 3.98. The molecule has 2 aromatic heterocycles. The van der Waals surface area contributed by atoms with Gasteiger partial charge in [0.1, 0.15) is 17.6 Å². The first-order valence-electron chi connectivity index (χ1n) is 8.65. The molecule has 1 atom stereocenters. The van der Waals surface area contributed by atoms with Crippen molar-refractivity contribution in [3.05, 3.63) is 24.4 Å². The molecular weight excluding hydrogens is 304 g/mol. The van der Waals surface area contributed by atoms with E-state index in [1.165, 1.54) is 12.8 Å². The van der Waals surface area contributed by atoms with Gasteiger partial charge < -0.3 is 10.2 Å². The van der Waals surface area contributed by atoms with E-state index in [1.54, 1.807) is 12.4 Å². The van der Waals surface area contributed by atoms with Crippen molar-refractivity contribution in [1.82, 2.24) is 19.5 Å². The lowest BCUT2D eigenvalue weighted by Gasteiger charge is -2.40. The Labute approximate surface area is 141 Å². The number of imidazole rings is 1. The minimum Gasteiger partial charge on any atom is -0.340 e. The van der Waals surface area contributed by atoms with Crippen LogP contribution >= 0.6 is 0 Å². The summed E-state index contributed by atoms with van der Waals surface area (Å²) < 4.78 is 1.87. The van der Waals surface area contributed by atoms with Gasteiger partial charge in [-0.05, 0) is 26.2 Å². The second-order valence-corrected chi connectivity index (χ2v) is 6.51. The Morgan fingerprint density at radius 2 is 2.08 bits per heavy atom. The number of anilines is 2. The maximum Gasteiger partial charge on any atom is 0.247 e. The predicted octanol–water partition coefficient (Wildman–Crippen LogP) is 2.45. The van der Waals surface area contributed by atoms with Crippen LogP contribution in [0.2, 0.25) is 0 Å². The number of carbonyl (C=O) groups is 1. The van der Waals surface area contributed by atoms with Crippen molar-refractivity contribution in [3.63, 3.8) is 0 Å². The fourth-order valence-corrected chi connectivity index (χ4v) is 3.84. The molecule has 1 aliphatic heterocycles. The van der Waals surface area contributed by atoms with Gasteiger partial charge in [0.2, 0.25) is 11.9 Å². The highest BCUT2D eigenvalue weighted by Crippen LogP contribution is 2.37. The number of fused-ring (bicyclic) bond motifs is 1. The van der Waals surface area contributed by atoms with Crippen LogP contribution in [-0.4, -0.2) is 37.5 Å². The van der Waals surface area contributed by atoms with Crippen LogP contribution in [0.5, 0.6) is 0 Å². The Hall–Kier alpha value is -2.44. The van der Waals surface area contributed by atoms with Gasteiger partial charge in [-0.1, -0.05) is 19.8 Å². The molecule has 2 aromatic rings. The highest BCUT2D eigenvalue weighted by atomic mass is 16.2. The Kier molecular flexibility index (Phi) is 3.70. The first kappa shape index (κ1) is 15.1. The molecule has 0 bridgehead atoms. The van der Waals surface area contributed by atoms with E-state index < -0.39 is 0 Å². The molecule has 0 radical (unpaired) electrons. The molecule has 0 aromatic carbocycles. The third-order valence-corrected chi connectivity index (χ3v) is 5.04. The van der Waals surface area contributed by atoms with Crippen LogP contribution in [-0.2, 0) is 4.79 Å². The number of aryl methyl sites for hydroxylation is 1. The van der Waals surface area contributed by atoms with Gasteiger partial charge in [-0.25, -0.2) is 9.97 Å². The second kappa shape index (κ2) is 5.89. The smallest absolute Gasteiger partial charge is 0.247 e. The molecule has 0 saturated heterocycles. The van der Waals surface area contributed by atoms with Gasteiger partial charge in [-0.15, -0.1) is 0 Å². The lowest BCUT2D eigenvalue weighted by atomic mass is 10.0. The summed E-state index contributed by atoms with van der Waals surface area (Å²) >= 11 is 0. The van der Waals surface area contributed by atoms with Crippen LogP contribution < -0.4 is 10.2 Å². The normalized spacial score (nSPS) is 21.0. The summed E-state index contributed by atoms with van der Waals surface area (Å²) in [5, 5.41) is 2.97. The van der Waals surface area contributed by atoms with Crippen molar-refractivity contribution < 1.29 is 4.79 Å². The molecule has 24 heavy (non-hydrogen) atoms. The molecule has 7 heteroatoms. The van der Waals surface area contributed by atoms with Crippen molar-refractivity contribution in [3.8, 4) is 5.95 Å². The van der Waals surface area contributed by atoms with E-state index >= 15 is 0 Å². The van der Waals surface area contributed by atoms with E-state index in [-0.39, 0.29) is 11.9 Å². The van der Waals surface area contributed by atoms with Gasteiger partial charge >= 0.3 is 0 Å². The fraction of sp³-hybridized carbons (Fsp3) is 0.529. The molecule has 0 spiro atoms. The molecule has 1 saturated carbocycles. The first-order valence-corrected chi connectivity index (χ1v) is 8.65. The number of nitrogens with one attached hydrogen (secondary N) is 1. The zero-order valence-electron chi connectivity index (χ0n) is 14.1. The third-order valence-electron chi connectivity index (χ3n) is 5.04. The van der Waals surface area contributed by atoms with Crippen molar-refractivity contribution in [2.24, 2.45) is 0 Å². The van der Waals surface area contributed by atoms with Crippen LogP contribution in [0.25, 0.3) is 5.95 Å². The van der Waals surface area contributed by atoms with Gasteiger partial charge in [0.05, 0.1) is 6.20 Å². The maximum absolute atomic E-state index is 12.5. The number of nitrogens with zero attached hydrogens (tertiary/aromatic N) is 5. The van der Waals surface area contributed by atoms with Gasteiger partial charge in [0.25, 0.3) is 0 Å². The largest absolute Gasteiger partial charge is 0.340 e. The van der Waals surface area contributed by atoms with E-state index in [9.17, 15) is 4.79 Å². The molecule has 1 N–H and O–H groups in total. The highest BCUT2D eigenvalue weighted by Gasteiger charge is 2.38. The van der Waals surface area contributed by atoms with Crippen molar-refractivity contribution in [2.45, 2.75) is 58.0 Å². The number of carbonyl (C=O) groups excluding carboxylic acids is 1. The van der Waals surface area contributed by atoms with Crippen LogP contribution in [0, 0.1) is 6.92 Å². The lowest BCUT2D eigenvalue weighted by Crippen LogP contribution is -2.52. The molecule has 1 amide bonds. The number of rotatable bonds is 3. The average molecular weight is 326 g/mol. The molecule has 1 fully saturated rings. The zero-order valence-corrected chi connectivity index (χ0v) is 14.1. The second-order valence-electron chi connectivity index (χ2n) is 6.51. The molecule has 7 nitrogen and oxygen atoms in total. The summed E-state index contributed by atoms with van der Waals surface area (Å²) in [4.78, 5) is 28.2. The number of aromatic nitrogens is 4. The Balaban J connectivity index is 1.81. The van der Waals surface area contributed by atoms with E-state index in [2.05, 4.69) is 27.1 Å². The molecule has 1 aliphatic carbocycles. The Morgan fingerprint density at radius 3 is 2.75 bits per heavy atom. The van der Waals surface area contributed by atoms with Crippen molar-refractivity contribution in [1.29, 1.82) is 0 Å². The van der Waals surface area contributed by atoms with Gasteiger partial charge in [-0.3, -0.25) is 9.36 Å². The van der Waals surface area contributed by atoms with Crippen LogP contribution in [0.1, 0.15) is 44.9 Å². The Bertz CT molecular complexity index is 764. The summed E-state index contributed by atoms with van der Waals surface area (Å²) in [5.41, 5.74) is 0.707. The maximum atomic E-state index is 12.5.